The molecular formula is C22H21N3O2. The van der Waals surface area contributed by atoms with Gasteiger partial charge in [-0.15, -0.1) is 0 Å². The van der Waals surface area contributed by atoms with E-state index in [1.807, 2.05) is 68.4 Å². The zero-order valence-corrected chi connectivity index (χ0v) is 15.3. The Balaban J connectivity index is 1.70. The lowest BCUT2D eigenvalue weighted by Gasteiger charge is -2.26. The first-order valence-corrected chi connectivity index (χ1v) is 9.02. The minimum absolute atomic E-state index is 0.0506. The summed E-state index contributed by atoms with van der Waals surface area (Å²) in [6, 6.07) is 19.3. The number of nitrogens with one attached hydrogen (secondary N) is 1. The van der Waals surface area contributed by atoms with E-state index in [1.165, 1.54) is 0 Å². The van der Waals surface area contributed by atoms with Crippen LogP contribution in [0.1, 0.15) is 34.7 Å². The first-order chi connectivity index (χ1) is 13.2. The van der Waals surface area contributed by atoms with Crippen LogP contribution in [0.15, 0.2) is 66.9 Å². The van der Waals surface area contributed by atoms with Crippen LogP contribution in [0.25, 0.3) is 0 Å². The van der Waals surface area contributed by atoms with Crippen molar-refractivity contribution in [1.29, 1.82) is 0 Å². The van der Waals surface area contributed by atoms with Crippen LogP contribution in [0.5, 0.6) is 5.75 Å². The minimum atomic E-state index is -0.366. The summed E-state index contributed by atoms with van der Waals surface area (Å²) in [5.41, 5.74) is 4.24. The van der Waals surface area contributed by atoms with Gasteiger partial charge in [-0.2, -0.15) is 0 Å². The molecule has 1 aliphatic rings. The molecule has 1 aromatic heterocycles. The van der Waals surface area contributed by atoms with Gasteiger partial charge in [0.1, 0.15) is 5.75 Å². The van der Waals surface area contributed by atoms with Crippen molar-refractivity contribution in [3.63, 3.8) is 0 Å². The second-order valence-corrected chi connectivity index (χ2v) is 6.45. The minimum Gasteiger partial charge on any atom is -0.494 e. The van der Waals surface area contributed by atoms with Crippen molar-refractivity contribution in [2.24, 2.45) is 0 Å². The largest absolute Gasteiger partial charge is 0.494 e. The van der Waals surface area contributed by atoms with Gasteiger partial charge in [0.15, 0.2) is 6.17 Å². The van der Waals surface area contributed by atoms with E-state index in [9.17, 15) is 4.79 Å². The van der Waals surface area contributed by atoms with Crippen molar-refractivity contribution in [3.8, 4) is 5.75 Å². The highest BCUT2D eigenvalue weighted by atomic mass is 16.5. The summed E-state index contributed by atoms with van der Waals surface area (Å²) in [6.45, 7) is 4.61. The fraction of sp³-hybridized carbons (Fsp3) is 0.182. The Bertz CT molecular complexity index is 952. The Morgan fingerprint density at radius 2 is 1.81 bits per heavy atom. The van der Waals surface area contributed by atoms with E-state index in [0.717, 1.165) is 28.4 Å². The summed E-state index contributed by atoms with van der Waals surface area (Å²) in [5.74, 6) is 0.768. The third kappa shape index (κ3) is 3.24. The average Bonchev–Trinajstić information content (AvgIpc) is 2.97. The quantitative estimate of drug-likeness (QED) is 0.726. The number of pyridine rings is 1. The average molecular weight is 359 g/mol. The number of ether oxygens (including phenoxy) is 1. The van der Waals surface area contributed by atoms with Crippen molar-refractivity contribution in [3.05, 3.63) is 83.7 Å². The van der Waals surface area contributed by atoms with Gasteiger partial charge in [-0.05, 0) is 62.4 Å². The van der Waals surface area contributed by atoms with Crippen LogP contribution >= 0.6 is 0 Å². The molecule has 0 saturated heterocycles. The Hall–Kier alpha value is -3.34. The molecule has 27 heavy (non-hydrogen) atoms. The zero-order valence-electron chi connectivity index (χ0n) is 15.3. The summed E-state index contributed by atoms with van der Waals surface area (Å²) < 4.78 is 5.50. The molecule has 1 atom stereocenters. The van der Waals surface area contributed by atoms with Gasteiger partial charge < -0.3 is 10.1 Å². The summed E-state index contributed by atoms with van der Waals surface area (Å²) in [7, 11) is 0. The molecule has 2 heterocycles. The van der Waals surface area contributed by atoms with Crippen molar-refractivity contribution in [1.82, 2.24) is 4.98 Å². The van der Waals surface area contributed by atoms with Gasteiger partial charge in [0.25, 0.3) is 5.91 Å². The van der Waals surface area contributed by atoms with Gasteiger partial charge in [0.2, 0.25) is 0 Å². The molecule has 4 rings (SSSR count). The smallest absolute Gasteiger partial charge is 0.262 e. The summed E-state index contributed by atoms with van der Waals surface area (Å²) in [4.78, 5) is 19.3. The molecule has 136 valence electrons. The molecule has 5 nitrogen and oxygen atoms in total. The Labute approximate surface area is 158 Å². The molecular weight excluding hydrogens is 338 g/mol. The number of benzene rings is 2. The lowest BCUT2D eigenvalue weighted by Crippen LogP contribution is -2.32. The number of carbonyl (C=O) groups is 1. The molecule has 0 saturated carbocycles. The Kier molecular flexibility index (Phi) is 4.50. The molecule has 5 heteroatoms. The molecule has 1 N–H and O–H groups in total. The number of aryl methyl sites for hydroxylation is 1. The molecule has 0 radical (unpaired) electrons. The lowest BCUT2D eigenvalue weighted by atomic mass is 10.2. The zero-order chi connectivity index (χ0) is 18.8. The van der Waals surface area contributed by atoms with Crippen LogP contribution in [0.3, 0.4) is 0 Å². The van der Waals surface area contributed by atoms with Crippen LogP contribution < -0.4 is 15.0 Å². The molecule has 0 aliphatic carbocycles. The summed E-state index contributed by atoms with van der Waals surface area (Å²) in [6.07, 6.45) is 1.35. The number of hydrogen-bond acceptors (Lipinski definition) is 4. The standard InChI is InChI=1S/C22H21N3O2/c1-3-27-18-12-8-16(9-13-18)24-21-20-19(5-4-14-23-20)22(26)25(21)17-10-6-15(2)7-11-17/h4-14,21,24H,3H2,1-2H3/t21-/m0/s1. The fourth-order valence-electron chi connectivity index (χ4n) is 3.26. The van der Waals surface area contributed by atoms with Crippen LogP contribution in [0, 0.1) is 6.92 Å². The third-order valence-electron chi connectivity index (χ3n) is 4.59. The van der Waals surface area contributed by atoms with E-state index in [1.54, 1.807) is 17.2 Å². The molecule has 0 fully saturated rings. The number of hydrogen-bond donors (Lipinski definition) is 1. The van der Waals surface area contributed by atoms with E-state index >= 15 is 0 Å². The SMILES string of the molecule is CCOc1ccc(N[C@@H]2c3ncccc3C(=O)N2c2ccc(C)cc2)cc1. The van der Waals surface area contributed by atoms with E-state index in [2.05, 4.69) is 10.3 Å². The second-order valence-electron chi connectivity index (χ2n) is 6.45. The Morgan fingerprint density at radius 3 is 2.52 bits per heavy atom. The first kappa shape index (κ1) is 17.1. The van der Waals surface area contributed by atoms with Gasteiger partial charge in [-0.3, -0.25) is 14.7 Å². The number of anilines is 2. The predicted molar refractivity (Wildman–Crippen MR) is 106 cm³/mol. The normalized spacial score (nSPS) is 15.6. The van der Waals surface area contributed by atoms with E-state index in [-0.39, 0.29) is 12.1 Å². The van der Waals surface area contributed by atoms with E-state index in [0.29, 0.717) is 12.2 Å². The molecule has 0 unspecified atom stereocenters. The van der Waals surface area contributed by atoms with Crippen LogP contribution in [0.4, 0.5) is 11.4 Å². The number of amides is 1. The maximum atomic E-state index is 13.0. The van der Waals surface area contributed by atoms with Gasteiger partial charge in [0, 0.05) is 17.6 Å². The maximum absolute atomic E-state index is 13.0. The molecule has 1 amide bonds. The van der Waals surface area contributed by atoms with E-state index < -0.39 is 0 Å². The van der Waals surface area contributed by atoms with Gasteiger partial charge >= 0.3 is 0 Å². The van der Waals surface area contributed by atoms with Crippen molar-refractivity contribution in [2.75, 3.05) is 16.8 Å². The second kappa shape index (κ2) is 7.11. The topological polar surface area (TPSA) is 54.5 Å². The fourth-order valence-corrected chi connectivity index (χ4v) is 3.26. The van der Waals surface area contributed by atoms with Crippen molar-refractivity contribution >= 4 is 17.3 Å². The van der Waals surface area contributed by atoms with Crippen LogP contribution in [0.2, 0.25) is 0 Å². The molecule has 0 bridgehead atoms. The number of rotatable bonds is 5. The van der Waals surface area contributed by atoms with Crippen molar-refractivity contribution < 1.29 is 9.53 Å². The molecule has 2 aromatic carbocycles. The van der Waals surface area contributed by atoms with Crippen LogP contribution in [-0.2, 0) is 0 Å². The number of nitrogens with zero attached hydrogens (tertiary/aromatic N) is 2. The highest BCUT2D eigenvalue weighted by Gasteiger charge is 2.38. The predicted octanol–water partition coefficient (Wildman–Crippen LogP) is 4.56. The Morgan fingerprint density at radius 1 is 1.07 bits per heavy atom. The number of carbonyl (C=O) groups excluding carboxylic acids is 1. The molecule has 3 aromatic rings. The maximum Gasteiger partial charge on any atom is 0.262 e. The first-order valence-electron chi connectivity index (χ1n) is 9.02. The monoisotopic (exact) mass is 359 g/mol. The van der Waals surface area contributed by atoms with Crippen LogP contribution in [-0.4, -0.2) is 17.5 Å². The molecule has 1 aliphatic heterocycles. The van der Waals surface area contributed by atoms with Gasteiger partial charge in [0.05, 0.1) is 17.9 Å². The highest BCUT2D eigenvalue weighted by Crippen LogP contribution is 2.37. The summed E-state index contributed by atoms with van der Waals surface area (Å²) in [5, 5.41) is 3.45. The number of aromatic nitrogens is 1. The molecule has 0 spiro atoms. The summed E-state index contributed by atoms with van der Waals surface area (Å²) >= 11 is 0. The van der Waals surface area contributed by atoms with Gasteiger partial charge in [-0.25, -0.2) is 0 Å². The van der Waals surface area contributed by atoms with Gasteiger partial charge in [-0.1, -0.05) is 17.7 Å². The van der Waals surface area contributed by atoms with E-state index in [4.69, 9.17) is 4.74 Å². The lowest BCUT2D eigenvalue weighted by molar-refractivity contribution is 0.0993. The van der Waals surface area contributed by atoms with Crippen molar-refractivity contribution in [2.45, 2.75) is 20.0 Å². The highest BCUT2D eigenvalue weighted by molar-refractivity contribution is 6.11. The third-order valence-corrected chi connectivity index (χ3v) is 4.59. The number of fused-ring (bicyclic) bond motifs is 1.